The number of rotatable bonds is 3. The molecule has 3 aromatic rings. The molecule has 1 N–H and O–H groups in total. The quantitative estimate of drug-likeness (QED) is 0.539. The second kappa shape index (κ2) is 6.76. The maximum atomic E-state index is 13.2. The minimum absolute atomic E-state index is 0.0195. The van der Waals surface area contributed by atoms with Gasteiger partial charge in [-0.05, 0) is 34.7 Å². The molecule has 136 valence electrons. The van der Waals surface area contributed by atoms with Gasteiger partial charge in [-0.3, -0.25) is 0 Å². The Labute approximate surface area is 154 Å². The van der Waals surface area contributed by atoms with Gasteiger partial charge in [0.25, 0.3) is 0 Å². The minimum Gasteiger partial charge on any atom is -0.331 e. The van der Waals surface area contributed by atoms with Crippen LogP contribution in [0.2, 0.25) is 0 Å². The molecule has 2 aromatic carbocycles. The number of hydrogen-bond donors (Lipinski definition) is 1. The molecule has 1 aromatic heterocycles. The van der Waals surface area contributed by atoms with E-state index in [-0.39, 0.29) is 5.41 Å². The summed E-state index contributed by atoms with van der Waals surface area (Å²) in [4.78, 5) is 4.15. The fraction of sp³-hybridized carbons (Fsp3) is 0.250. The molecule has 0 saturated heterocycles. The molecule has 0 aliphatic carbocycles. The van der Waals surface area contributed by atoms with Crippen LogP contribution in [0.4, 0.5) is 24.0 Å². The molecule has 2 nitrogen and oxygen atoms in total. The summed E-state index contributed by atoms with van der Waals surface area (Å²) in [6.45, 7) is 6.30. The van der Waals surface area contributed by atoms with Gasteiger partial charge in [0, 0.05) is 22.8 Å². The van der Waals surface area contributed by atoms with E-state index in [2.05, 4.69) is 31.1 Å². The monoisotopic (exact) mass is 376 g/mol. The van der Waals surface area contributed by atoms with Crippen LogP contribution in [0.25, 0.3) is 11.1 Å². The van der Waals surface area contributed by atoms with Crippen molar-refractivity contribution in [2.24, 2.45) is 0 Å². The van der Waals surface area contributed by atoms with E-state index in [9.17, 15) is 13.2 Å². The number of halogens is 3. The Morgan fingerprint density at radius 2 is 1.58 bits per heavy atom. The van der Waals surface area contributed by atoms with E-state index in [1.54, 1.807) is 6.20 Å². The number of benzene rings is 2. The van der Waals surface area contributed by atoms with Gasteiger partial charge in [0.2, 0.25) is 0 Å². The van der Waals surface area contributed by atoms with Crippen LogP contribution in [0.15, 0.2) is 54.0 Å². The lowest BCUT2D eigenvalue weighted by molar-refractivity contribution is -0.137. The Balaban J connectivity index is 2.07. The number of hydrogen-bond acceptors (Lipinski definition) is 3. The van der Waals surface area contributed by atoms with Crippen LogP contribution in [-0.4, -0.2) is 4.98 Å². The highest BCUT2D eigenvalue weighted by Crippen LogP contribution is 2.38. The molecule has 6 heteroatoms. The van der Waals surface area contributed by atoms with Gasteiger partial charge in [-0.1, -0.05) is 45.0 Å². The second-order valence-electron chi connectivity index (χ2n) is 7.05. The zero-order chi connectivity index (χ0) is 18.9. The average molecular weight is 376 g/mol. The molecule has 0 fully saturated rings. The van der Waals surface area contributed by atoms with Gasteiger partial charge in [0.1, 0.15) is 0 Å². The molecular formula is C20H19F3N2S. The fourth-order valence-electron chi connectivity index (χ4n) is 2.62. The van der Waals surface area contributed by atoms with E-state index >= 15 is 0 Å². The maximum absolute atomic E-state index is 13.2. The summed E-state index contributed by atoms with van der Waals surface area (Å²) in [5, 5.41) is 5.56. The first-order chi connectivity index (χ1) is 12.1. The van der Waals surface area contributed by atoms with E-state index in [0.717, 1.165) is 17.2 Å². The zero-order valence-electron chi connectivity index (χ0n) is 14.7. The van der Waals surface area contributed by atoms with E-state index in [4.69, 9.17) is 0 Å². The number of aromatic nitrogens is 1. The molecule has 0 amide bonds. The highest BCUT2D eigenvalue weighted by Gasteiger charge is 2.31. The second-order valence-corrected chi connectivity index (χ2v) is 7.94. The Bertz CT molecular complexity index is 877. The summed E-state index contributed by atoms with van der Waals surface area (Å²) in [5.74, 6) is 0. The van der Waals surface area contributed by atoms with Crippen molar-refractivity contribution in [2.75, 3.05) is 5.32 Å². The van der Waals surface area contributed by atoms with Crippen molar-refractivity contribution in [1.29, 1.82) is 0 Å². The lowest BCUT2D eigenvalue weighted by atomic mass is 9.86. The summed E-state index contributed by atoms with van der Waals surface area (Å²) in [6, 6.07) is 11.4. The standard InChI is InChI=1S/C20H19F3N2S/c1-19(2,3)14-6-4-13(5-7-14)16-12-15(20(21,22)23)8-9-17(16)25-18-24-10-11-26-18/h4-12H,1-3H3,(H,24,25). The van der Waals surface area contributed by atoms with E-state index in [1.807, 2.05) is 29.6 Å². The molecule has 0 atom stereocenters. The largest absolute Gasteiger partial charge is 0.416 e. The van der Waals surface area contributed by atoms with Crippen molar-refractivity contribution in [3.05, 3.63) is 65.2 Å². The number of anilines is 2. The van der Waals surface area contributed by atoms with Crippen molar-refractivity contribution in [1.82, 2.24) is 4.98 Å². The van der Waals surface area contributed by atoms with Crippen LogP contribution >= 0.6 is 11.3 Å². The molecule has 0 aliphatic heterocycles. The average Bonchev–Trinajstić information content (AvgIpc) is 3.06. The molecule has 0 radical (unpaired) electrons. The molecular weight excluding hydrogens is 357 g/mol. The predicted octanol–water partition coefficient (Wildman–Crippen LogP) is 6.87. The van der Waals surface area contributed by atoms with Gasteiger partial charge in [0.15, 0.2) is 5.13 Å². The highest BCUT2D eigenvalue weighted by molar-refractivity contribution is 7.13. The molecule has 0 spiro atoms. The van der Waals surface area contributed by atoms with Crippen molar-refractivity contribution in [2.45, 2.75) is 32.4 Å². The van der Waals surface area contributed by atoms with Crippen molar-refractivity contribution in [3.8, 4) is 11.1 Å². The topological polar surface area (TPSA) is 24.9 Å². The summed E-state index contributed by atoms with van der Waals surface area (Å²) in [6.07, 6.45) is -2.74. The van der Waals surface area contributed by atoms with Gasteiger partial charge in [-0.15, -0.1) is 11.3 Å². The van der Waals surface area contributed by atoms with Crippen LogP contribution in [0, 0.1) is 0 Å². The van der Waals surface area contributed by atoms with Crippen LogP contribution in [0.5, 0.6) is 0 Å². The lowest BCUT2D eigenvalue weighted by Crippen LogP contribution is -2.10. The summed E-state index contributed by atoms with van der Waals surface area (Å²) in [5.41, 5.74) is 2.25. The van der Waals surface area contributed by atoms with Crippen LogP contribution in [-0.2, 0) is 11.6 Å². The van der Waals surface area contributed by atoms with Gasteiger partial charge in [-0.2, -0.15) is 13.2 Å². The van der Waals surface area contributed by atoms with Gasteiger partial charge >= 0.3 is 6.18 Å². The van der Waals surface area contributed by atoms with Crippen molar-refractivity contribution in [3.63, 3.8) is 0 Å². The minimum atomic E-state index is -4.39. The maximum Gasteiger partial charge on any atom is 0.416 e. The molecule has 0 bridgehead atoms. The van der Waals surface area contributed by atoms with Crippen LogP contribution in [0.1, 0.15) is 31.9 Å². The Kier molecular flexibility index (Phi) is 4.80. The predicted molar refractivity (Wildman–Crippen MR) is 101 cm³/mol. The first-order valence-corrected chi connectivity index (χ1v) is 9.01. The highest BCUT2D eigenvalue weighted by atomic mass is 32.1. The molecule has 26 heavy (non-hydrogen) atoms. The summed E-state index contributed by atoms with van der Waals surface area (Å²) < 4.78 is 39.5. The molecule has 0 unspecified atom stereocenters. The Morgan fingerprint density at radius 1 is 0.923 bits per heavy atom. The first kappa shape index (κ1) is 18.5. The van der Waals surface area contributed by atoms with E-state index < -0.39 is 11.7 Å². The summed E-state index contributed by atoms with van der Waals surface area (Å²) in [7, 11) is 0. The van der Waals surface area contributed by atoms with E-state index in [1.165, 1.54) is 23.5 Å². The molecule has 0 aliphatic rings. The third kappa shape index (κ3) is 4.07. The Morgan fingerprint density at radius 3 is 2.12 bits per heavy atom. The third-order valence-electron chi connectivity index (χ3n) is 4.08. The SMILES string of the molecule is CC(C)(C)c1ccc(-c2cc(C(F)(F)F)ccc2Nc2nccs2)cc1. The Hall–Kier alpha value is -2.34. The number of nitrogens with zero attached hydrogens (tertiary/aromatic N) is 1. The van der Waals surface area contributed by atoms with Crippen molar-refractivity contribution < 1.29 is 13.2 Å². The van der Waals surface area contributed by atoms with Gasteiger partial charge in [0.05, 0.1) is 5.56 Å². The molecule has 0 saturated carbocycles. The number of thiazole rings is 1. The fourth-order valence-corrected chi connectivity index (χ4v) is 3.16. The van der Waals surface area contributed by atoms with Gasteiger partial charge in [-0.25, -0.2) is 4.98 Å². The van der Waals surface area contributed by atoms with Crippen LogP contribution < -0.4 is 5.32 Å². The molecule has 3 rings (SSSR count). The van der Waals surface area contributed by atoms with Crippen LogP contribution in [0.3, 0.4) is 0 Å². The van der Waals surface area contributed by atoms with Gasteiger partial charge < -0.3 is 5.32 Å². The van der Waals surface area contributed by atoms with E-state index in [0.29, 0.717) is 16.4 Å². The van der Waals surface area contributed by atoms with Crippen molar-refractivity contribution >= 4 is 22.2 Å². The zero-order valence-corrected chi connectivity index (χ0v) is 15.5. The number of alkyl halides is 3. The lowest BCUT2D eigenvalue weighted by Gasteiger charge is -2.20. The number of nitrogens with one attached hydrogen (secondary N) is 1. The normalized spacial score (nSPS) is 12.2. The summed E-state index contributed by atoms with van der Waals surface area (Å²) >= 11 is 1.39. The smallest absolute Gasteiger partial charge is 0.331 e. The molecule has 1 heterocycles. The third-order valence-corrected chi connectivity index (χ3v) is 4.77. The first-order valence-electron chi connectivity index (χ1n) is 8.13.